The molecule has 0 aliphatic carbocycles. The maximum Gasteiger partial charge on any atom is 0.313 e. The molecule has 3 spiro atoms. The quantitative estimate of drug-likeness (QED) is 0.262. The minimum absolute atomic E-state index is 0.0342. The van der Waals surface area contributed by atoms with Gasteiger partial charge in [0.15, 0.2) is 6.54 Å². The van der Waals surface area contributed by atoms with E-state index in [0.29, 0.717) is 44.5 Å². The number of oxime groups is 1. The zero-order valence-corrected chi connectivity index (χ0v) is 25.6. The molecular formula is C34H34F3N4O5+. The second kappa shape index (κ2) is 10.8. The third-order valence-corrected chi connectivity index (χ3v) is 10.2. The summed E-state index contributed by atoms with van der Waals surface area (Å²) in [6.45, 7) is 4.09. The van der Waals surface area contributed by atoms with E-state index >= 15 is 0 Å². The molecule has 5 aliphatic rings. The van der Waals surface area contributed by atoms with Crippen LogP contribution in [0.2, 0.25) is 0 Å². The van der Waals surface area contributed by atoms with Gasteiger partial charge in [-0.3, -0.25) is 14.4 Å². The molecule has 240 valence electrons. The molecule has 46 heavy (non-hydrogen) atoms. The first kappa shape index (κ1) is 30.2. The Balaban J connectivity index is 1.31. The van der Waals surface area contributed by atoms with Crippen molar-refractivity contribution in [3.8, 4) is 0 Å². The van der Waals surface area contributed by atoms with Gasteiger partial charge >= 0.3 is 5.91 Å². The van der Waals surface area contributed by atoms with Crippen LogP contribution >= 0.6 is 0 Å². The predicted molar refractivity (Wildman–Crippen MR) is 159 cm³/mol. The first-order chi connectivity index (χ1) is 22.0. The molecule has 5 heterocycles. The van der Waals surface area contributed by atoms with E-state index in [2.05, 4.69) is 17.4 Å². The minimum atomic E-state index is -1.17. The Bertz CT molecular complexity index is 1740. The highest BCUT2D eigenvalue weighted by atomic mass is 19.1. The van der Waals surface area contributed by atoms with Crippen molar-refractivity contribution in [2.75, 3.05) is 13.1 Å². The highest BCUT2D eigenvalue weighted by Crippen LogP contribution is 2.65. The number of piperazine rings is 1. The first-order valence-electron chi connectivity index (χ1n) is 15.6. The third kappa shape index (κ3) is 4.40. The maximum atomic E-state index is 14.4. The number of carbonyl (C=O) groups excluding carboxylic acids is 3. The summed E-state index contributed by atoms with van der Waals surface area (Å²) in [7, 11) is 0. The molecule has 2 aromatic rings. The Morgan fingerprint density at radius 3 is 2.63 bits per heavy atom. The van der Waals surface area contributed by atoms with Gasteiger partial charge in [0.25, 0.3) is 11.6 Å². The zero-order valence-electron chi connectivity index (χ0n) is 25.6. The number of fused-ring (bicyclic) bond motifs is 1. The van der Waals surface area contributed by atoms with Crippen LogP contribution in [0.5, 0.6) is 0 Å². The van der Waals surface area contributed by atoms with Crippen LogP contribution in [0.15, 0.2) is 70.8 Å². The SMILES string of the molecule is CCCC1=NO[C@@]2(CC[C@H](C)N3CC24C[N+]42C=C(C(=O)NCc4c(F)cc(F)cc4F)C(=O)C(OCc4ccccc4)=C2C3=O)C1. The number of hydrogen-bond donors (Lipinski definition) is 1. The van der Waals surface area contributed by atoms with Gasteiger partial charge in [-0.15, -0.1) is 0 Å². The molecule has 5 aliphatic heterocycles. The van der Waals surface area contributed by atoms with Crippen LogP contribution in [-0.2, 0) is 37.1 Å². The molecule has 2 amide bonds. The van der Waals surface area contributed by atoms with Crippen LogP contribution in [0.25, 0.3) is 0 Å². The molecule has 0 radical (unpaired) electrons. The van der Waals surface area contributed by atoms with Crippen molar-refractivity contribution in [1.29, 1.82) is 0 Å². The van der Waals surface area contributed by atoms with Crippen molar-refractivity contribution in [3.05, 3.63) is 94.3 Å². The molecule has 9 nitrogen and oxygen atoms in total. The van der Waals surface area contributed by atoms with Crippen LogP contribution in [0.1, 0.15) is 57.1 Å². The summed E-state index contributed by atoms with van der Waals surface area (Å²) in [5.41, 5.74) is -0.553. The lowest BCUT2D eigenvalue weighted by Gasteiger charge is -2.42. The van der Waals surface area contributed by atoms with Crippen LogP contribution < -0.4 is 5.32 Å². The zero-order chi connectivity index (χ0) is 32.4. The summed E-state index contributed by atoms with van der Waals surface area (Å²) in [6.07, 6.45) is 5.00. The average molecular weight is 636 g/mol. The molecule has 0 saturated carbocycles. The van der Waals surface area contributed by atoms with Crippen molar-refractivity contribution < 1.29 is 41.6 Å². The first-order valence-corrected chi connectivity index (χ1v) is 15.6. The second-order valence-corrected chi connectivity index (χ2v) is 12.9. The fraction of sp³-hybridized carbons (Fsp3) is 0.412. The maximum absolute atomic E-state index is 14.4. The molecule has 2 bridgehead atoms. The lowest BCUT2D eigenvalue weighted by Crippen LogP contribution is -2.63. The van der Waals surface area contributed by atoms with Gasteiger partial charge in [-0.05, 0) is 31.7 Å². The molecule has 2 unspecified atom stereocenters. The second-order valence-electron chi connectivity index (χ2n) is 12.9. The van der Waals surface area contributed by atoms with Crippen LogP contribution in [-0.4, -0.2) is 63.0 Å². The Morgan fingerprint density at radius 2 is 1.91 bits per heavy atom. The average Bonchev–Trinajstić information content (AvgIpc) is 3.54. The van der Waals surface area contributed by atoms with Crippen LogP contribution in [0.4, 0.5) is 13.2 Å². The molecule has 1 N–H and O–H groups in total. The predicted octanol–water partition coefficient (Wildman–Crippen LogP) is 4.52. The number of nitrogens with one attached hydrogen (secondary N) is 1. The fourth-order valence-electron chi connectivity index (χ4n) is 7.75. The molecule has 2 aromatic carbocycles. The van der Waals surface area contributed by atoms with Crippen molar-refractivity contribution >= 4 is 23.3 Å². The summed E-state index contributed by atoms with van der Waals surface area (Å²) >= 11 is 0. The Hall–Kier alpha value is -4.45. The number of rotatable bonds is 8. The minimum Gasteiger partial charge on any atom is -0.480 e. The van der Waals surface area contributed by atoms with Crippen LogP contribution in [0, 0.1) is 17.5 Å². The number of carbonyl (C=O) groups is 3. The van der Waals surface area contributed by atoms with E-state index in [1.807, 2.05) is 37.3 Å². The van der Waals surface area contributed by atoms with E-state index in [1.54, 1.807) is 4.90 Å². The summed E-state index contributed by atoms with van der Waals surface area (Å²) in [5, 5.41) is 6.91. The van der Waals surface area contributed by atoms with E-state index in [9.17, 15) is 27.6 Å². The number of benzene rings is 2. The van der Waals surface area contributed by atoms with E-state index in [0.717, 1.165) is 24.1 Å². The number of nitrogens with zero attached hydrogens (tertiary/aromatic N) is 3. The highest BCUT2D eigenvalue weighted by molar-refractivity contribution is 6.26. The molecule has 3 saturated heterocycles. The Labute approximate surface area is 263 Å². The number of amides is 2. The van der Waals surface area contributed by atoms with Gasteiger partial charge in [0, 0.05) is 36.7 Å². The summed E-state index contributed by atoms with van der Waals surface area (Å²) < 4.78 is 48.3. The Kier molecular flexibility index (Phi) is 7.11. The molecule has 4 atom stereocenters. The molecule has 0 aromatic heterocycles. The van der Waals surface area contributed by atoms with Crippen molar-refractivity contribution in [1.82, 2.24) is 10.2 Å². The van der Waals surface area contributed by atoms with Gasteiger partial charge in [-0.2, -0.15) is 0 Å². The van der Waals surface area contributed by atoms with Gasteiger partial charge in [0.1, 0.15) is 35.8 Å². The number of quaternary nitrogens is 1. The summed E-state index contributed by atoms with van der Waals surface area (Å²) in [6, 6.07) is 10.0. The van der Waals surface area contributed by atoms with Gasteiger partial charge in [0.2, 0.25) is 22.7 Å². The number of Topliss-reactive ketones (excluding diaryl/α,β-unsaturated/α-hetero) is 1. The number of ketones is 1. The highest BCUT2D eigenvalue weighted by Gasteiger charge is 2.88. The third-order valence-electron chi connectivity index (χ3n) is 10.2. The fourth-order valence-corrected chi connectivity index (χ4v) is 7.75. The van der Waals surface area contributed by atoms with Crippen molar-refractivity contribution in [2.45, 2.75) is 76.3 Å². The summed E-state index contributed by atoms with van der Waals surface area (Å²) in [4.78, 5) is 50.3. The van der Waals surface area contributed by atoms with Gasteiger partial charge < -0.3 is 19.8 Å². The number of halogens is 3. The lowest BCUT2D eigenvalue weighted by molar-refractivity contribution is -0.743. The summed E-state index contributed by atoms with van der Waals surface area (Å²) in [5.74, 6) is -5.70. The van der Waals surface area contributed by atoms with E-state index in [4.69, 9.17) is 9.57 Å². The smallest absolute Gasteiger partial charge is 0.313 e. The van der Waals surface area contributed by atoms with Gasteiger partial charge in [-0.1, -0.05) is 48.8 Å². The monoisotopic (exact) mass is 635 g/mol. The largest absolute Gasteiger partial charge is 0.480 e. The number of ether oxygens (including phenoxy) is 1. The van der Waals surface area contributed by atoms with E-state index < -0.39 is 52.4 Å². The van der Waals surface area contributed by atoms with Crippen LogP contribution in [0.3, 0.4) is 0 Å². The van der Waals surface area contributed by atoms with E-state index in [1.165, 1.54) is 6.20 Å². The Morgan fingerprint density at radius 1 is 1.17 bits per heavy atom. The van der Waals surface area contributed by atoms with Gasteiger partial charge in [0.05, 0.1) is 12.3 Å². The van der Waals surface area contributed by atoms with E-state index in [-0.39, 0.29) is 40.1 Å². The molecular weight excluding hydrogens is 601 g/mol. The van der Waals surface area contributed by atoms with Crippen molar-refractivity contribution in [2.24, 2.45) is 5.16 Å². The number of allylic oxidation sites excluding steroid dienone is 1. The standard InChI is InChI=1S/C34H33F3N4O5/c1-3-7-23-14-34(46-39-23)11-10-20(2)40-18-33(34)19-41(33)16-25(31(43)38-15-24-26(36)12-22(35)13-27(24)37)29(42)30(28(41)32(40)44)45-17-21-8-5-4-6-9-21/h4-6,8-9,12-13,16,20H,3,7,10-11,14-15,17-19H2,1-2H3/p+1/t20-,33?,34-,41?/m0/s1. The van der Waals surface area contributed by atoms with Crippen molar-refractivity contribution in [3.63, 3.8) is 0 Å². The molecule has 7 rings (SSSR count). The molecule has 12 heteroatoms. The topological polar surface area (TPSA) is 97.3 Å². The number of hydrogen-bond acceptors (Lipinski definition) is 6. The molecule has 3 fully saturated rings. The van der Waals surface area contributed by atoms with Gasteiger partial charge in [-0.25, -0.2) is 17.7 Å². The normalized spacial score (nSPS) is 29.4. The lowest BCUT2D eigenvalue weighted by atomic mass is 9.78.